The van der Waals surface area contributed by atoms with E-state index in [1.165, 1.54) is 13.0 Å². The van der Waals surface area contributed by atoms with Crippen molar-refractivity contribution in [2.45, 2.75) is 86.2 Å². The second kappa shape index (κ2) is 8.77. The Hall–Kier alpha value is -2.99. The molecule has 38 heavy (non-hydrogen) atoms. The van der Waals surface area contributed by atoms with Crippen LogP contribution in [0.5, 0.6) is 5.75 Å². The molecule has 6 nitrogen and oxygen atoms in total. The third kappa shape index (κ3) is 3.38. The maximum Gasteiger partial charge on any atom is 0.206 e. The second-order valence-electron chi connectivity index (χ2n) is 12.7. The van der Waals surface area contributed by atoms with Gasteiger partial charge in [-0.2, -0.15) is 0 Å². The van der Waals surface area contributed by atoms with Crippen LogP contribution >= 0.6 is 0 Å². The van der Waals surface area contributed by atoms with E-state index in [0.29, 0.717) is 17.9 Å². The first-order chi connectivity index (χ1) is 17.5. The number of ketones is 3. The molecule has 0 saturated heterocycles. The maximum atomic E-state index is 14.3. The summed E-state index contributed by atoms with van der Waals surface area (Å²) in [7, 11) is 0. The number of aliphatic hydroxyl groups is 2. The van der Waals surface area contributed by atoms with Crippen molar-refractivity contribution in [3.05, 3.63) is 57.7 Å². The number of carbonyl (C=O) groups is 3. The Kier molecular flexibility index (Phi) is 6.47. The van der Waals surface area contributed by atoms with E-state index in [1.54, 1.807) is 13.8 Å². The molecule has 0 heterocycles. The Morgan fingerprint density at radius 1 is 1.13 bits per heavy atom. The first kappa shape index (κ1) is 28.0. The number of aliphatic hydroxyl groups excluding tert-OH is 1. The van der Waals surface area contributed by atoms with Crippen molar-refractivity contribution in [2.75, 3.05) is 0 Å². The summed E-state index contributed by atoms with van der Waals surface area (Å²) in [6.07, 6.45) is 1.59. The molecule has 4 rings (SSSR count). The van der Waals surface area contributed by atoms with Crippen LogP contribution in [0.2, 0.25) is 0 Å². The number of benzene rings is 1. The smallest absolute Gasteiger partial charge is 0.206 e. The van der Waals surface area contributed by atoms with Crippen molar-refractivity contribution in [2.24, 2.45) is 22.7 Å². The molecule has 3 aliphatic rings. The lowest BCUT2D eigenvalue weighted by Crippen LogP contribution is -2.71. The van der Waals surface area contributed by atoms with Gasteiger partial charge in [-0.25, -0.2) is 0 Å². The summed E-state index contributed by atoms with van der Waals surface area (Å²) in [5.41, 5.74) is -1.47. The molecule has 3 aliphatic carbocycles. The number of carbonyl (C=O) groups excluding carboxylic acids is 3. The van der Waals surface area contributed by atoms with Gasteiger partial charge < -0.3 is 15.3 Å². The summed E-state index contributed by atoms with van der Waals surface area (Å²) in [4.78, 5) is 40.4. The summed E-state index contributed by atoms with van der Waals surface area (Å²) < 4.78 is 0. The van der Waals surface area contributed by atoms with Crippen LogP contribution in [0.1, 0.15) is 90.8 Å². The molecule has 204 valence electrons. The van der Waals surface area contributed by atoms with Gasteiger partial charge in [-0.1, -0.05) is 65.3 Å². The van der Waals surface area contributed by atoms with E-state index < -0.39 is 45.5 Å². The Morgan fingerprint density at radius 2 is 1.74 bits per heavy atom. The van der Waals surface area contributed by atoms with E-state index in [1.807, 2.05) is 26.8 Å². The molecule has 5 atom stereocenters. The molecule has 3 N–H and O–H groups in total. The predicted octanol–water partition coefficient (Wildman–Crippen LogP) is 5.76. The zero-order valence-corrected chi connectivity index (χ0v) is 23.8. The molecule has 0 aromatic heterocycles. The lowest BCUT2D eigenvalue weighted by Gasteiger charge is -2.62. The van der Waals surface area contributed by atoms with Crippen LogP contribution in [0.25, 0.3) is 5.76 Å². The number of hydrogen-bond acceptors (Lipinski definition) is 6. The monoisotopic (exact) mass is 520 g/mol. The van der Waals surface area contributed by atoms with Gasteiger partial charge in [-0.05, 0) is 68.1 Å². The summed E-state index contributed by atoms with van der Waals surface area (Å²) in [6.45, 7) is 19.0. The van der Waals surface area contributed by atoms with E-state index >= 15 is 0 Å². The lowest BCUT2D eigenvalue weighted by molar-refractivity contribution is -0.182. The molecule has 0 bridgehead atoms. The maximum absolute atomic E-state index is 14.3. The van der Waals surface area contributed by atoms with Gasteiger partial charge in [0.25, 0.3) is 0 Å². The standard InChI is InChI=1S/C32H40O6/c1-15(2)12-16(3)13-21-10-11-22(34)25-24(21)18(5)31(9)20(7)30(8)14-17(4)23(19(6)33)28(36)32(30,38)29(37)26(31)27(25)35/h10-11,15,18,20,34-35,38H,3,12-14H2,1-2,4-9H3/t18-,20+,30+,31-,32+/m0/s1. The average Bonchev–Trinajstić information content (AvgIpc) is 2.79. The number of phenols is 1. The van der Waals surface area contributed by atoms with E-state index in [2.05, 4.69) is 20.4 Å². The Bertz CT molecular complexity index is 1360. The zero-order chi connectivity index (χ0) is 28.7. The van der Waals surface area contributed by atoms with Crippen molar-refractivity contribution < 1.29 is 29.7 Å². The number of allylic oxidation sites excluding steroid dienone is 2. The van der Waals surface area contributed by atoms with Crippen LogP contribution in [0.15, 0.2) is 41.0 Å². The topological polar surface area (TPSA) is 112 Å². The number of Topliss-reactive ketones (excluding diaryl/α,β-unsaturated/α-hetero) is 3. The van der Waals surface area contributed by atoms with E-state index in [0.717, 1.165) is 23.1 Å². The summed E-state index contributed by atoms with van der Waals surface area (Å²) >= 11 is 0. The van der Waals surface area contributed by atoms with Gasteiger partial charge in [0.1, 0.15) is 11.5 Å². The van der Waals surface area contributed by atoms with Crippen molar-refractivity contribution in [3.63, 3.8) is 0 Å². The number of phenolic OH excluding ortho intramolecular Hbond substituents is 1. The van der Waals surface area contributed by atoms with Crippen LogP contribution in [-0.4, -0.2) is 38.3 Å². The molecular weight excluding hydrogens is 480 g/mol. The largest absolute Gasteiger partial charge is 0.507 e. The van der Waals surface area contributed by atoms with Gasteiger partial charge in [0.2, 0.25) is 11.6 Å². The molecule has 0 amide bonds. The Labute approximate surface area is 225 Å². The van der Waals surface area contributed by atoms with Gasteiger partial charge in [-0.3, -0.25) is 14.4 Å². The van der Waals surface area contributed by atoms with E-state index in [4.69, 9.17) is 0 Å². The van der Waals surface area contributed by atoms with Crippen molar-refractivity contribution in [3.8, 4) is 5.75 Å². The number of rotatable bonds is 5. The molecule has 0 radical (unpaired) electrons. The van der Waals surface area contributed by atoms with Crippen LogP contribution in [0.3, 0.4) is 0 Å². The van der Waals surface area contributed by atoms with Crippen LogP contribution in [0.4, 0.5) is 0 Å². The van der Waals surface area contributed by atoms with Crippen molar-refractivity contribution in [1.29, 1.82) is 0 Å². The molecule has 1 saturated carbocycles. The molecule has 0 spiro atoms. The zero-order valence-electron chi connectivity index (χ0n) is 23.8. The highest BCUT2D eigenvalue weighted by Crippen LogP contribution is 2.68. The highest BCUT2D eigenvalue weighted by molar-refractivity contribution is 6.33. The average molecular weight is 521 g/mol. The fourth-order valence-corrected chi connectivity index (χ4v) is 7.84. The first-order valence-corrected chi connectivity index (χ1v) is 13.4. The van der Waals surface area contributed by atoms with Gasteiger partial charge in [-0.15, -0.1) is 0 Å². The number of fused-ring (bicyclic) bond motifs is 3. The molecule has 1 aromatic carbocycles. The second-order valence-corrected chi connectivity index (χ2v) is 12.7. The highest BCUT2D eigenvalue weighted by Gasteiger charge is 2.73. The fourth-order valence-electron chi connectivity index (χ4n) is 7.84. The number of aromatic hydroxyl groups is 1. The minimum atomic E-state index is -2.51. The van der Waals surface area contributed by atoms with E-state index in [-0.39, 0.29) is 34.8 Å². The Morgan fingerprint density at radius 3 is 2.29 bits per heavy atom. The first-order valence-electron chi connectivity index (χ1n) is 13.4. The quantitative estimate of drug-likeness (QED) is 0.258. The predicted molar refractivity (Wildman–Crippen MR) is 147 cm³/mol. The molecular formula is C32H40O6. The third-order valence-corrected chi connectivity index (χ3v) is 10.0. The Balaban J connectivity index is 2.01. The fraction of sp³-hybridized carbons (Fsp3) is 0.531. The molecule has 0 aliphatic heterocycles. The normalized spacial score (nSPS) is 32.8. The van der Waals surface area contributed by atoms with Gasteiger partial charge in [0.05, 0.1) is 11.1 Å². The summed E-state index contributed by atoms with van der Waals surface area (Å²) in [5, 5.41) is 34.6. The number of hydrogen-bond donors (Lipinski definition) is 3. The van der Waals surface area contributed by atoms with Crippen LogP contribution < -0.4 is 0 Å². The molecule has 0 unspecified atom stereocenters. The molecule has 6 heteroatoms. The highest BCUT2D eigenvalue weighted by atomic mass is 16.3. The molecule has 1 aromatic rings. The van der Waals surface area contributed by atoms with Crippen molar-refractivity contribution >= 4 is 23.1 Å². The van der Waals surface area contributed by atoms with E-state index in [9.17, 15) is 29.7 Å². The van der Waals surface area contributed by atoms with Gasteiger partial charge in [0, 0.05) is 16.4 Å². The SMILES string of the molecule is C=C(Cc1ccc(O)c2c1[C@H](C)[C@]1(C)C(=C2O)C(=O)[C@]2(O)C(=O)C(C(C)=O)=C(C)C[C@]2(C)[C@H]1C)CC(C)C. The van der Waals surface area contributed by atoms with Gasteiger partial charge in [0.15, 0.2) is 11.4 Å². The summed E-state index contributed by atoms with van der Waals surface area (Å²) in [5.74, 6) is -3.25. The molecule has 1 fully saturated rings. The minimum Gasteiger partial charge on any atom is -0.507 e. The minimum absolute atomic E-state index is 0.0609. The lowest BCUT2D eigenvalue weighted by atomic mass is 9.40. The van der Waals surface area contributed by atoms with Gasteiger partial charge >= 0.3 is 0 Å². The van der Waals surface area contributed by atoms with Crippen LogP contribution in [0, 0.1) is 22.7 Å². The van der Waals surface area contributed by atoms with Crippen LogP contribution in [-0.2, 0) is 20.8 Å². The summed E-state index contributed by atoms with van der Waals surface area (Å²) in [6, 6.07) is 3.35. The third-order valence-electron chi connectivity index (χ3n) is 10.0. The van der Waals surface area contributed by atoms with Crippen molar-refractivity contribution in [1.82, 2.24) is 0 Å².